The van der Waals surface area contributed by atoms with Gasteiger partial charge in [0.05, 0.1) is 20.6 Å². The molecule has 0 radical (unpaired) electrons. The predicted octanol–water partition coefficient (Wildman–Crippen LogP) is 6.97. The Labute approximate surface area is 260 Å². The van der Waals surface area contributed by atoms with Crippen LogP contribution in [0.25, 0.3) is 0 Å². The van der Waals surface area contributed by atoms with Gasteiger partial charge in [-0.2, -0.15) is 0 Å². The number of nitrogens with one attached hydrogen (secondary N) is 1. The Morgan fingerprint density at radius 3 is 2.10 bits per heavy atom. The van der Waals surface area contributed by atoms with E-state index in [0.717, 1.165) is 30.0 Å². The molecule has 0 heterocycles. The summed E-state index contributed by atoms with van der Waals surface area (Å²) in [6.45, 7) is 0.800. The molecule has 1 fully saturated rings. The molecule has 0 spiro atoms. The molecular formula is C29H29Cl4N3O4S. The average molecular weight is 657 g/mol. The van der Waals surface area contributed by atoms with Gasteiger partial charge in [0.1, 0.15) is 12.6 Å². The summed E-state index contributed by atoms with van der Waals surface area (Å²) in [4.78, 5) is 28.7. The Balaban J connectivity index is 1.74. The van der Waals surface area contributed by atoms with Gasteiger partial charge >= 0.3 is 0 Å². The van der Waals surface area contributed by atoms with Gasteiger partial charge < -0.3 is 10.2 Å². The normalized spacial score (nSPS) is 14.5. The monoisotopic (exact) mass is 655 g/mol. The lowest BCUT2D eigenvalue weighted by molar-refractivity contribution is -0.139. The fraction of sp³-hybridized carbons (Fsp3) is 0.310. The Morgan fingerprint density at radius 1 is 0.878 bits per heavy atom. The highest BCUT2D eigenvalue weighted by Gasteiger charge is 2.34. The standard InChI is InChI=1S/C29H29Cl4N3O4S/c1-19(29(38)34-20-9-5-6-10-20)35(17-22-23(30)13-7-14-24(22)31)27(37)18-36(26-16-8-15-25(32)28(26)33)41(39,40)21-11-3-2-4-12-21/h2-4,7-8,11-16,19-20H,5-6,9-10,17-18H2,1H3,(H,34,38)/t19-/m0/s1. The first-order chi connectivity index (χ1) is 19.5. The maximum Gasteiger partial charge on any atom is 0.264 e. The summed E-state index contributed by atoms with van der Waals surface area (Å²) in [6.07, 6.45) is 3.76. The first-order valence-corrected chi connectivity index (χ1v) is 16.0. The second kappa shape index (κ2) is 13.7. The lowest BCUT2D eigenvalue weighted by Gasteiger charge is -2.33. The fourth-order valence-corrected chi connectivity index (χ4v) is 7.16. The molecule has 0 aromatic heterocycles. The van der Waals surface area contributed by atoms with E-state index in [9.17, 15) is 18.0 Å². The summed E-state index contributed by atoms with van der Waals surface area (Å²) in [5.41, 5.74) is 0.457. The molecule has 0 bridgehead atoms. The number of carbonyl (C=O) groups excluding carboxylic acids is 2. The van der Waals surface area contributed by atoms with E-state index in [2.05, 4.69) is 5.32 Å². The third kappa shape index (κ3) is 7.30. The van der Waals surface area contributed by atoms with Gasteiger partial charge in [0.15, 0.2) is 0 Å². The lowest BCUT2D eigenvalue weighted by atomic mass is 10.1. The minimum atomic E-state index is -4.29. The smallest absolute Gasteiger partial charge is 0.264 e. The molecule has 0 saturated heterocycles. The van der Waals surface area contributed by atoms with Crippen molar-refractivity contribution in [3.63, 3.8) is 0 Å². The SMILES string of the molecule is C[C@@H](C(=O)NC1CCCC1)N(Cc1c(Cl)cccc1Cl)C(=O)CN(c1cccc(Cl)c1Cl)S(=O)(=O)c1ccccc1. The van der Waals surface area contributed by atoms with E-state index in [1.54, 1.807) is 49.4 Å². The quantitative estimate of drug-likeness (QED) is 0.255. The average Bonchev–Trinajstić information content (AvgIpc) is 3.46. The minimum Gasteiger partial charge on any atom is -0.352 e. The summed E-state index contributed by atoms with van der Waals surface area (Å²) in [5, 5.41) is 3.72. The van der Waals surface area contributed by atoms with E-state index < -0.39 is 28.5 Å². The number of rotatable bonds is 10. The van der Waals surface area contributed by atoms with E-state index in [1.165, 1.54) is 29.2 Å². The van der Waals surface area contributed by atoms with Crippen molar-refractivity contribution in [3.8, 4) is 0 Å². The molecule has 1 aliphatic carbocycles. The molecule has 1 N–H and O–H groups in total. The van der Waals surface area contributed by atoms with Crippen molar-refractivity contribution in [1.29, 1.82) is 0 Å². The largest absolute Gasteiger partial charge is 0.352 e. The van der Waals surface area contributed by atoms with Gasteiger partial charge in [0.2, 0.25) is 11.8 Å². The number of hydrogen-bond acceptors (Lipinski definition) is 4. The molecule has 0 aliphatic heterocycles. The van der Waals surface area contributed by atoms with Crippen LogP contribution in [0.2, 0.25) is 20.1 Å². The Hall–Kier alpha value is -2.49. The van der Waals surface area contributed by atoms with Crippen LogP contribution in [0, 0.1) is 0 Å². The van der Waals surface area contributed by atoms with Crippen LogP contribution in [0.4, 0.5) is 5.69 Å². The summed E-state index contributed by atoms with van der Waals surface area (Å²) in [7, 11) is -4.29. The van der Waals surface area contributed by atoms with Crippen LogP contribution >= 0.6 is 46.4 Å². The Kier molecular flexibility index (Phi) is 10.5. The lowest BCUT2D eigenvalue weighted by Crippen LogP contribution is -2.52. The molecule has 3 aromatic rings. The summed E-state index contributed by atoms with van der Waals surface area (Å²) in [5.74, 6) is -1.02. The van der Waals surface area contributed by atoms with Gasteiger partial charge in [-0.1, -0.05) is 89.6 Å². The summed E-state index contributed by atoms with van der Waals surface area (Å²) < 4.78 is 28.7. The molecule has 1 atom stereocenters. The van der Waals surface area contributed by atoms with Crippen molar-refractivity contribution >= 4 is 73.9 Å². The van der Waals surface area contributed by atoms with Crippen LogP contribution in [-0.4, -0.2) is 43.8 Å². The van der Waals surface area contributed by atoms with Crippen LogP contribution in [0.5, 0.6) is 0 Å². The number of nitrogens with zero attached hydrogens (tertiary/aromatic N) is 2. The van der Waals surface area contributed by atoms with Crippen molar-refractivity contribution in [3.05, 3.63) is 92.4 Å². The number of anilines is 1. The van der Waals surface area contributed by atoms with E-state index in [1.807, 2.05) is 0 Å². The summed E-state index contributed by atoms with van der Waals surface area (Å²) in [6, 6.07) is 16.2. The Bertz CT molecular complexity index is 1500. The fourth-order valence-electron chi connectivity index (χ4n) is 4.75. The molecule has 41 heavy (non-hydrogen) atoms. The zero-order valence-corrected chi connectivity index (χ0v) is 26.0. The summed E-state index contributed by atoms with van der Waals surface area (Å²) >= 11 is 25.6. The van der Waals surface area contributed by atoms with Crippen LogP contribution in [0.1, 0.15) is 38.2 Å². The molecule has 7 nitrogen and oxygen atoms in total. The van der Waals surface area contributed by atoms with Crippen molar-refractivity contribution < 1.29 is 18.0 Å². The topological polar surface area (TPSA) is 86.8 Å². The van der Waals surface area contributed by atoms with Crippen LogP contribution in [-0.2, 0) is 26.2 Å². The van der Waals surface area contributed by atoms with Crippen molar-refractivity contribution in [2.45, 2.75) is 56.1 Å². The molecule has 0 unspecified atom stereocenters. The van der Waals surface area contributed by atoms with E-state index in [-0.39, 0.29) is 39.1 Å². The second-order valence-corrected chi connectivity index (χ2v) is 13.2. The van der Waals surface area contributed by atoms with Gasteiger partial charge in [-0.15, -0.1) is 0 Å². The van der Waals surface area contributed by atoms with Crippen molar-refractivity contribution in [2.75, 3.05) is 10.8 Å². The number of sulfonamides is 1. The zero-order valence-electron chi connectivity index (χ0n) is 22.2. The number of hydrogen-bond donors (Lipinski definition) is 1. The van der Waals surface area contributed by atoms with E-state index >= 15 is 0 Å². The molecule has 1 aliphatic rings. The minimum absolute atomic E-state index is 0.0195. The molecular weight excluding hydrogens is 628 g/mol. The predicted molar refractivity (Wildman–Crippen MR) is 164 cm³/mol. The zero-order chi connectivity index (χ0) is 29.7. The van der Waals surface area contributed by atoms with Crippen LogP contribution < -0.4 is 9.62 Å². The second-order valence-electron chi connectivity index (χ2n) is 9.79. The van der Waals surface area contributed by atoms with Crippen molar-refractivity contribution in [2.24, 2.45) is 0 Å². The van der Waals surface area contributed by atoms with Gasteiger partial charge in [-0.05, 0) is 56.2 Å². The molecule has 218 valence electrons. The van der Waals surface area contributed by atoms with E-state index in [4.69, 9.17) is 46.4 Å². The molecule has 1 saturated carbocycles. The highest BCUT2D eigenvalue weighted by atomic mass is 35.5. The third-order valence-corrected chi connectivity index (χ3v) is 10.4. The number of benzene rings is 3. The molecule has 12 heteroatoms. The highest BCUT2D eigenvalue weighted by molar-refractivity contribution is 7.92. The number of carbonyl (C=O) groups is 2. The Morgan fingerprint density at radius 2 is 1.46 bits per heavy atom. The maximum absolute atomic E-state index is 14.1. The first-order valence-electron chi connectivity index (χ1n) is 13.0. The van der Waals surface area contributed by atoms with Crippen LogP contribution in [0.15, 0.2) is 71.6 Å². The van der Waals surface area contributed by atoms with Crippen molar-refractivity contribution in [1.82, 2.24) is 10.2 Å². The van der Waals surface area contributed by atoms with E-state index in [0.29, 0.717) is 15.6 Å². The van der Waals surface area contributed by atoms with Gasteiger partial charge in [0.25, 0.3) is 10.0 Å². The third-order valence-electron chi connectivity index (χ3n) is 7.07. The number of amides is 2. The molecule has 4 rings (SSSR count). The van der Waals surface area contributed by atoms with Gasteiger partial charge in [0, 0.05) is 28.2 Å². The number of halogens is 4. The van der Waals surface area contributed by atoms with Gasteiger partial charge in [-0.25, -0.2) is 8.42 Å². The maximum atomic E-state index is 14.1. The highest BCUT2D eigenvalue weighted by Crippen LogP contribution is 2.36. The molecule has 2 amide bonds. The molecule has 3 aromatic carbocycles. The van der Waals surface area contributed by atoms with Gasteiger partial charge in [-0.3, -0.25) is 13.9 Å². The van der Waals surface area contributed by atoms with Crippen LogP contribution in [0.3, 0.4) is 0 Å². The first kappa shape index (κ1) is 31.4.